The molecule has 0 aliphatic carbocycles. The first-order valence-electron chi connectivity index (χ1n) is 5.20. The maximum absolute atomic E-state index is 12.4. The fourth-order valence-electron chi connectivity index (χ4n) is 1.42. The fraction of sp³-hybridized carbons (Fsp3) is 0.400. The molecule has 4 nitrogen and oxygen atoms in total. The van der Waals surface area contributed by atoms with Crippen molar-refractivity contribution in [3.05, 3.63) is 22.7 Å². The Morgan fingerprint density at radius 3 is 2.42 bits per heavy atom. The lowest BCUT2D eigenvalue weighted by Gasteiger charge is -2.22. The van der Waals surface area contributed by atoms with Crippen LogP contribution in [0.5, 0.6) is 0 Å². The van der Waals surface area contributed by atoms with E-state index in [1.165, 1.54) is 19.1 Å². The first kappa shape index (κ1) is 16.3. The van der Waals surface area contributed by atoms with Crippen LogP contribution in [0.4, 0.5) is 18.9 Å². The Kier molecular flexibility index (Phi) is 4.86. The number of rotatable bonds is 4. The Bertz CT molecular complexity index is 560. The van der Waals surface area contributed by atoms with E-state index in [0.29, 0.717) is 4.31 Å². The monoisotopic (exact) mass is 360 g/mol. The molecule has 0 saturated carbocycles. The number of nitrogens with two attached hydrogens (primary N) is 1. The van der Waals surface area contributed by atoms with Gasteiger partial charge in [0.1, 0.15) is 6.54 Å². The molecule has 0 aromatic heterocycles. The molecular formula is C10H12BrF3N2O2S. The molecule has 0 radical (unpaired) electrons. The Morgan fingerprint density at radius 2 is 1.95 bits per heavy atom. The number of hydrogen-bond acceptors (Lipinski definition) is 3. The maximum Gasteiger partial charge on any atom is 0.402 e. The van der Waals surface area contributed by atoms with E-state index < -0.39 is 22.7 Å². The number of nitrogens with zero attached hydrogens (tertiary/aromatic N) is 1. The van der Waals surface area contributed by atoms with Crippen molar-refractivity contribution in [3.63, 3.8) is 0 Å². The number of hydrogen-bond donors (Lipinski definition) is 1. The summed E-state index contributed by atoms with van der Waals surface area (Å²) in [6, 6.07) is 3.95. The van der Waals surface area contributed by atoms with Crippen molar-refractivity contribution in [2.24, 2.45) is 0 Å². The van der Waals surface area contributed by atoms with E-state index in [-0.39, 0.29) is 21.6 Å². The van der Waals surface area contributed by atoms with E-state index in [1.807, 2.05) is 0 Å². The van der Waals surface area contributed by atoms with Crippen LogP contribution in [0.1, 0.15) is 6.92 Å². The number of halogens is 4. The van der Waals surface area contributed by atoms with Crippen molar-refractivity contribution in [1.29, 1.82) is 0 Å². The third kappa shape index (κ3) is 4.08. The predicted octanol–water partition coefficient (Wildman–Crippen LogP) is 2.60. The lowest BCUT2D eigenvalue weighted by atomic mass is 10.3. The molecular weight excluding hydrogens is 349 g/mol. The molecule has 0 fully saturated rings. The Morgan fingerprint density at radius 1 is 1.37 bits per heavy atom. The Hall–Kier alpha value is -0.800. The van der Waals surface area contributed by atoms with Gasteiger partial charge >= 0.3 is 6.18 Å². The predicted molar refractivity (Wildman–Crippen MR) is 69.0 cm³/mol. The molecule has 108 valence electrons. The van der Waals surface area contributed by atoms with Gasteiger partial charge in [-0.3, -0.25) is 0 Å². The molecule has 0 spiro atoms. The molecule has 0 atom stereocenters. The summed E-state index contributed by atoms with van der Waals surface area (Å²) in [4.78, 5) is -0.279. The van der Waals surface area contributed by atoms with Crippen molar-refractivity contribution >= 4 is 31.6 Å². The topological polar surface area (TPSA) is 63.4 Å². The zero-order chi connectivity index (χ0) is 14.8. The van der Waals surface area contributed by atoms with Crippen LogP contribution >= 0.6 is 15.9 Å². The SMILES string of the molecule is CCN(CC(F)(F)F)S(=O)(=O)c1cc(N)ccc1Br. The van der Waals surface area contributed by atoms with Crippen molar-refractivity contribution < 1.29 is 21.6 Å². The van der Waals surface area contributed by atoms with Crippen molar-refractivity contribution in [2.45, 2.75) is 18.0 Å². The summed E-state index contributed by atoms with van der Waals surface area (Å²) in [6.45, 7) is -0.486. The summed E-state index contributed by atoms with van der Waals surface area (Å²) in [5.41, 5.74) is 5.62. The van der Waals surface area contributed by atoms with Gasteiger partial charge in [0.2, 0.25) is 10.0 Å². The zero-order valence-corrected chi connectivity index (χ0v) is 12.3. The molecule has 1 aromatic carbocycles. The minimum absolute atomic E-state index is 0.157. The van der Waals surface area contributed by atoms with E-state index in [2.05, 4.69) is 15.9 Å². The summed E-state index contributed by atoms with van der Waals surface area (Å²) in [6.07, 6.45) is -4.60. The average molecular weight is 361 g/mol. The van der Waals surface area contributed by atoms with Gasteiger partial charge < -0.3 is 5.73 Å². The van der Waals surface area contributed by atoms with E-state index in [0.717, 1.165) is 6.07 Å². The minimum Gasteiger partial charge on any atom is -0.399 e. The van der Waals surface area contributed by atoms with Crippen LogP contribution in [0.25, 0.3) is 0 Å². The van der Waals surface area contributed by atoms with Gasteiger partial charge in [-0.2, -0.15) is 17.5 Å². The average Bonchev–Trinajstić information content (AvgIpc) is 2.27. The quantitative estimate of drug-likeness (QED) is 0.839. The molecule has 2 N–H and O–H groups in total. The molecule has 0 bridgehead atoms. The van der Waals surface area contributed by atoms with Crippen LogP contribution in [-0.4, -0.2) is 32.0 Å². The van der Waals surface area contributed by atoms with Crippen LogP contribution in [-0.2, 0) is 10.0 Å². The molecule has 1 aromatic rings. The van der Waals surface area contributed by atoms with Gasteiger partial charge in [0, 0.05) is 16.7 Å². The number of sulfonamides is 1. The maximum atomic E-state index is 12.4. The molecule has 9 heteroatoms. The van der Waals surface area contributed by atoms with E-state index in [4.69, 9.17) is 5.73 Å². The molecule has 0 aliphatic heterocycles. The highest BCUT2D eigenvalue weighted by Gasteiger charge is 2.36. The zero-order valence-electron chi connectivity index (χ0n) is 9.91. The third-order valence-corrected chi connectivity index (χ3v) is 5.20. The number of alkyl halides is 3. The van der Waals surface area contributed by atoms with Gasteiger partial charge in [-0.05, 0) is 34.1 Å². The normalized spacial score (nSPS) is 12.9. The summed E-state index contributed by atoms with van der Waals surface area (Å²) in [7, 11) is -4.25. The Balaban J connectivity index is 3.25. The minimum atomic E-state index is -4.60. The molecule has 0 heterocycles. The van der Waals surface area contributed by atoms with Crippen molar-refractivity contribution in [2.75, 3.05) is 18.8 Å². The first-order valence-corrected chi connectivity index (χ1v) is 7.43. The second-order valence-electron chi connectivity index (χ2n) is 3.74. The van der Waals surface area contributed by atoms with Crippen molar-refractivity contribution in [1.82, 2.24) is 4.31 Å². The van der Waals surface area contributed by atoms with E-state index in [1.54, 1.807) is 0 Å². The van der Waals surface area contributed by atoms with Crippen LogP contribution < -0.4 is 5.73 Å². The van der Waals surface area contributed by atoms with Crippen LogP contribution in [0, 0.1) is 0 Å². The highest BCUT2D eigenvalue weighted by Crippen LogP contribution is 2.29. The highest BCUT2D eigenvalue weighted by atomic mass is 79.9. The lowest BCUT2D eigenvalue weighted by Crippen LogP contribution is -2.38. The summed E-state index contributed by atoms with van der Waals surface area (Å²) in [5, 5.41) is 0. The highest BCUT2D eigenvalue weighted by molar-refractivity contribution is 9.10. The second kappa shape index (κ2) is 5.68. The van der Waals surface area contributed by atoms with Gasteiger partial charge in [-0.25, -0.2) is 8.42 Å². The van der Waals surface area contributed by atoms with Gasteiger partial charge in [0.25, 0.3) is 0 Å². The smallest absolute Gasteiger partial charge is 0.399 e. The van der Waals surface area contributed by atoms with Crippen molar-refractivity contribution in [3.8, 4) is 0 Å². The summed E-state index contributed by atoms with van der Waals surface area (Å²) < 4.78 is 62.0. The van der Waals surface area contributed by atoms with E-state index >= 15 is 0 Å². The molecule has 0 saturated heterocycles. The van der Waals surface area contributed by atoms with Gasteiger partial charge in [-0.15, -0.1) is 0 Å². The third-order valence-electron chi connectivity index (χ3n) is 2.28. The standard InChI is InChI=1S/C10H12BrF3N2O2S/c1-2-16(6-10(12,13)14)19(17,18)9-5-7(15)3-4-8(9)11/h3-5H,2,6,15H2,1H3. The largest absolute Gasteiger partial charge is 0.402 e. The molecule has 1 rings (SSSR count). The van der Waals surface area contributed by atoms with Gasteiger partial charge in [-0.1, -0.05) is 6.92 Å². The lowest BCUT2D eigenvalue weighted by molar-refractivity contribution is -0.135. The molecule has 19 heavy (non-hydrogen) atoms. The Labute approximate surface area is 117 Å². The number of benzene rings is 1. The fourth-order valence-corrected chi connectivity index (χ4v) is 3.82. The van der Waals surface area contributed by atoms with E-state index in [9.17, 15) is 21.6 Å². The van der Waals surface area contributed by atoms with Gasteiger partial charge in [0.05, 0.1) is 4.90 Å². The molecule has 0 unspecified atom stereocenters. The van der Waals surface area contributed by atoms with Crippen LogP contribution in [0.3, 0.4) is 0 Å². The first-order chi connectivity index (χ1) is 8.58. The summed E-state index contributed by atoms with van der Waals surface area (Å²) in [5.74, 6) is 0. The van der Waals surface area contributed by atoms with Crippen LogP contribution in [0.2, 0.25) is 0 Å². The summed E-state index contributed by atoms with van der Waals surface area (Å²) >= 11 is 3.00. The number of nitrogen functional groups attached to an aromatic ring is 1. The molecule has 0 amide bonds. The van der Waals surface area contributed by atoms with Crippen LogP contribution in [0.15, 0.2) is 27.6 Å². The number of anilines is 1. The van der Waals surface area contributed by atoms with Gasteiger partial charge in [0.15, 0.2) is 0 Å². The molecule has 0 aliphatic rings. The second-order valence-corrected chi connectivity index (χ2v) is 6.50.